The molecule has 0 heterocycles. The largest absolute Gasteiger partial charge is 0.492 e. The third kappa shape index (κ3) is 9.32. The lowest BCUT2D eigenvalue weighted by Gasteiger charge is -2.17. The van der Waals surface area contributed by atoms with Gasteiger partial charge in [-0.25, -0.2) is 4.99 Å². The predicted molar refractivity (Wildman–Crippen MR) is 114 cm³/mol. The molecule has 1 aromatic carbocycles. The minimum Gasteiger partial charge on any atom is -0.492 e. The molecule has 0 bridgehead atoms. The first-order chi connectivity index (χ1) is 11.1. The highest BCUT2D eigenvalue weighted by Gasteiger charge is 2.05. The van der Waals surface area contributed by atoms with Gasteiger partial charge in [-0.3, -0.25) is 0 Å². The number of guanidine groups is 1. The van der Waals surface area contributed by atoms with Crippen LogP contribution in [0.5, 0.6) is 5.75 Å². The van der Waals surface area contributed by atoms with E-state index in [1.807, 2.05) is 32.3 Å². The monoisotopic (exact) mass is 448 g/mol. The fourth-order valence-corrected chi connectivity index (χ4v) is 1.93. The Kier molecular flexibility index (Phi) is 12.7. The molecule has 0 aliphatic carbocycles. The maximum atomic E-state index is 5.89. The first-order valence-corrected chi connectivity index (χ1v) is 8.47. The minimum atomic E-state index is 0. The van der Waals surface area contributed by atoms with Crippen molar-refractivity contribution in [3.63, 3.8) is 0 Å². The molecule has 0 aliphatic heterocycles. The zero-order valence-electron chi connectivity index (χ0n) is 15.6. The molecule has 0 amide bonds. The molecule has 0 aliphatic rings. The molecule has 0 aromatic heterocycles. The second-order valence-electron chi connectivity index (χ2n) is 5.91. The van der Waals surface area contributed by atoms with Crippen LogP contribution < -0.4 is 15.4 Å². The number of hydrogen-bond donors (Lipinski definition) is 2. The van der Waals surface area contributed by atoms with Gasteiger partial charge in [0, 0.05) is 24.7 Å². The van der Waals surface area contributed by atoms with E-state index in [2.05, 4.69) is 47.4 Å². The van der Waals surface area contributed by atoms with E-state index in [0.29, 0.717) is 19.2 Å². The first-order valence-electron chi connectivity index (χ1n) is 8.47. The molecule has 0 spiro atoms. The van der Waals surface area contributed by atoms with Gasteiger partial charge in [-0.1, -0.05) is 25.1 Å². The second kappa shape index (κ2) is 13.3. The molecule has 5 nitrogen and oxygen atoms in total. The Hall–Kier alpha value is -1.02. The van der Waals surface area contributed by atoms with Crippen LogP contribution in [0.25, 0.3) is 0 Å². The van der Waals surface area contributed by atoms with Gasteiger partial charge in [0.2, 0.25) is 0 Å². The highest BCUT2D eigenvalue weighted by molar-refractivity contribution is 14.0. The van der Waals surface area contributed by atoms with E-state index < -0.39 is 0 Å². The van der Waals surface area contributed by atoms with Crippen LogP contribution in [-0.4, -0.2) is 50.7 Å². The van der Waals surface area contributed by atoms with E-state index in [9.17, 15) is 0 Å². The number of nitrogens with zero attached hydrogens (tertiary/aromatic N) is 2. The van der Waals surface area contributed by atoms with E-state index in [0.717, 1.165) is 36.8 Å². The molecule has 1 aromatic rings. The van der Waals surface area contributed by atoms with Gasteiger partial charge in [-0.15, -0.1) is 24.0 Å². The van der Waals surface area contributed by atoms with Gasteiger partial charge in [0.25, 0.3) is 0 Å². The Balaban J connectivity index is 0.00000529. The summed E-state index contributed by atoms with van der Waals surface area (Å²) >= 11 is 0. The minimum absolute atomic E-state index is 0. The predicted octanol–water partition coefficient (Wildman–Crippen LogP) is 3.10. The molecule has 0 saturated heterocycles. The van der Waals surface area contributed by atoms with Crippen LogP contribution in [0, 0.1) is 0 Å². The molecular formula is C18H33IN4O. The van der Waals surface area contributed by atoms with Crippen molar-refractivity contribution in [1.29, 1.82) is 0 Å². The SMILES string of the molecule is CCNC(=NCc1ccccc1OCCN(C)C)NC(C)CC.I. The number of benzene rings is 1. The van der Waals surface area contributed by atoms with Crippen molar-refractivity contribution in [2.45, 2.75) is 39.8 Å². The third-order valence-corrected chi connectivity index (χ3v) is 3.52. The van der Waals surface area contributed by atoms with Crippen molar-refractivity contribution in [3.05, 3.63) is 29.8 Å². The highest BCUT2D eigenvalue weighted by atomic mass is 127. The fraction of sp³-hybridized carbons (Fsp3) is 0.611. The normalized spacial score (nSPS) is 12.5. The summed E-state index contributed by atoms with van der Waals surface area (Å²) in [4.78, 5) is 6.79. The van der Waals surface area contributed by atoms with Gasteiger partial charge in [-0.05, 0) is 40.4 Å². The van der Waals surface area contributed by atoms with Crippen molar-refractivity contribution in [3.8, 4) is 5.75 Å². The van der Waals surface area contributed by atoms with Crippen LogP contribution in [0.3, 0.4) is 0 Å². The van der Waals surface area contributed by atoms with Crippen LogP contribution in [0.15, 0.2) is 29.3 Å². The molecule has 138 valence electrons. The van der Waals surface area contributed by atoms with Crippen molar-refractivity contribution in [1.82, 2.24) is 15.5 Å². The number of halogens is 1. The molecule has 0 radical (unpaired) electrons. The zero-order valence-corrected chi connectivity index (χ0v) is 18.0. The van der Waals surface area contributed by atoms with Gasteiger partial charge in [0.15, 0.2) is 5.96 Å². The molecule has 0 fully saturated rings. The average Bonchev–Trinajstić information content (AvgIpc) is 2.53. The maximum Gasteiger partial charge on any atom is 0.191 e. The standard InChI is InChI=1S/C18H32N4O.HI/c1-6-15(3)21-18(19-7-2)20-14-16-10-8-9-11-17(16)23-13-12-22(4)5;/h8-11,15H,6-7,12-14H2,1-5H3,(H2,19,20,21);1H. The lowest BCUT2D eigenvalue weighted by atomic mass is 10.2. The van der Waals surface area contributed by atoms with E-state index in [1.54, 1.807) is 0 Å². The van der Waals surface area contributed by atoms with Crippen LogP contribution in [0.2, 0.25) is 0 Å². The molecule has 1 rings (SSSR count). The summed E-state index contributed by atoms with van der Waals surface area (Å²) in [5.41, 5.74) is 1.10. The smallest absolute Gasteiger partial charge is 0.191 e. The molecule has 6 heteroatoms. The second-order valence-corrected chi connectivity index (χ2v) is 5.91. The van der Waals surface area contributed by atoms with Gasteiger partial charge < -0.3 is 20.3 Å². The third-order valence-electron chi connectivity index (χ3n) is 3.52. The van der Waals surface area contributed by atoms with Crippen LogP contribution in [-0.2, 0) is 6.54 Å². The molecule has 1 atom stereocenters. The van der Waals surface area contributed by atoms with Crippen molar-refractivity contribution >= 4 is 29.9 Å². The van der Waals surface area contributed by atoms with Crippen LogP contribution >= 0.6 is 24.0 Å². The van der Waals surface area contributed by atoms with Gasteiger partial charge >= 0.3 is 0 Å². The van der Waals surface area contributed by atoms with Gasteiger partial charge in [-0.2, -0.15) is 0 Å². The summed E-state index contributed by atoms with van der Waals surface area (Å²) in [7, 11) is 4.09. The van der Waals surface area contributed by atoms with Crippen molar-refractivity contribution in [2.75, 3.05) is 33.8 Å². The highest BCUT2D eigenvalue weighted by Crippen LogP contribution is 2.18. The summed E-state index contributed by atoms with van der Waals surface area (Å²) in [5.74, 6) is 1.77. The van der Waals surface area contributed by atoms with Crippen LogP contribution in [0.4, 0.5) is 0 Å². The Bertz CT molecular complexity index is 480. The van der Waals surface area contributed by atoms with Crippen molar-refractivity contribution < 1.29 is 4.74 Å². The molecule has 24 heavy (non-hydrogen) atoms. The van der Waals surface area contributed by atoms with E-state index in [-0.39, 0.29) is 24.0 Å². The number of para-hydroxylation sites is 1. The Morgan fingerprint density at radius 2 is 1.96 bits per heavy atom. The topological polar surface area (TPSA) is 48.9 Å². The number of rotatable bonds is 9. The van der Waals surface area contributed by atoms with Crippen molar-refractivity contribution in [2.24, 2.45) is 4.99 Å². The van der Waals surface area contributed by atoms with Gasteiger partial charge in [0.05, 0.1) is 6.54 Å². The summed E-state index contributed by atoms with van der Waals surface area (Å²) < 4.78 is 5.89. The molecule has 0 saturated carbocycles. The summed E-state index contributed by atoms with van der Waals surface area (Å²) in [5, 5.41) is 6.69. The molecule has 2 N–H and O–H groups in total. The summed E-state index contributed by atoms with van der Waals surface area (Å²) in [6.45, 7) is 9.42. The Morgan fingerprint density at radius 1 is 1.25 bits per heavy atom. The Labute approximate surface area is 164 Å². The average molecular weight is 448 g/mol. The molecule has 1 unspecified atom stereocenters. The number of nitrogens with one attached hydrogen (secondary N) is 2. The first kappa shape index (κ1) is 23.0. The van der Waals surface area contributed by atoms with E-state index in [4.69, 9.17) is 4.74 Å². The Morgan fingerprint density at radius 3 is 2.58 bits per heavy atom. The number of aliphatic imine (C=N–C) groups is 1. The van der Waals surface area contributed by atoms with Crippen LogP contribution in [0.1, 0.15) is 32.8 Å². The number of hydrogen-bond acceptors (Lipinski definition) is 3. The lowest BCUT2D eigenvalue weighted by molar-refractivity contribution is 0.259. The van der Waals surface area contributed by atoms with E-state index in [1.165, 1.54) is 0 Å². The van der Waals surface area contributed by atoms with E-state index >= 15 is 0 Å². The summed E-state index contributed by atoms with van der Waals surface area (Å²) in [6.07, 6.45) is 1.06. The number of likely N-dealkylation sites (N-methyl/N-ethyl adjacent to an activating group) is 1. The van der Waals surface area contributed by atoms with Gasteiger partial charge in [0.1, 0.15) is 12.4 Å². The zero-order chi connectivity index (χ0) is 17.1. The fourth-order valence-electron chi connectivity index (χ4n) is 1.93. The lowest BCUT2D eigenvalue weighted by Crippen LogP contribution is -2.41. The molecular weight excluding hydrogens is 415 g/mol. The quantitative estimate of drug-likeness (QED) is 0.346. The summed E-state index contributed by atoms with van der Waals surface area (Å²) in [6, 6.07) is 8.51. The number of ether oxygens (including phenoxy) is 1. The maximum absolute atomic E-state index is 5.89.